The molecular weight excluding hydrogens is 541 g/mol. The maximum Gasteiger partial charge on any atom is 0.160 e. The summed E-state index contributed by atoms with van der Waals surface area (Å²) in [7, 11) is 0. The number of fused-ring (bicyclic) bond motifs is 3. The van der Waals surface area contributed by atoms with E-state index in [1.165, 1.54) is 42.4 Å². The quantitative estimate of drug-likeness (QED) is 0.207. The van der Waals surface area contributed by atoms with Crippen LogP contribution in [0.5, 0.6) is 0 Å². The Labute approximate surface area is 254 Å². The molecule has 0 atom stereocenters. The highest BCUT2D eigenvalue weighted by molar-refractivity contribution is 7.26. The number of rotatable bonds is 5. The van der Waals surface area contributed by atoms with Crippen LogP contribution in [0.25, 0.3) is 76.3 Å². The van der Waals surface area contributed by atoms with Crippen molar-refractivity contribution in [2.45, 2.75) is 0 Å². The lowest BCUT2D eigenvalue weighted by Gasteiger charge is -2.15. The molecule has 0 saturated carbocycles. The summed E-state index contributed by atoms with van der Waals surface area (Å²) in [6, 6.07) is 55.5. The summed E-state index contributed by atoms with van der Waals surface area (Å²) in [6.07, 6.45) is 0. The van der Waals surface area contributed by atoms with Crippen LogP contribution in [0.3, 0.4) is 0 Å². The zero-order valence-corrected chi connectivity index (χ0v) is 24.1. The molecule has 0 N–H and O–H groups in total. The van der Waals surface area contributed by atoms with Crippen LogP contribution >= 0.6 is 11.3 Å². The predicted octanol–water partition coefficient (Wildman–Crippen LogP) is 11.2. The van der Waals surface area contributed by atoms with E-state index < -0.39 is 0 Å². The van der Waals surface area contributed by atoms with Crippen molar-refractivity contribution in [3.8, 4) is 56.2 Å². The molecule has 0 spiro atoms. The zero-order valence-electron chi connectivity index (χ0n) is 23.3. The van der Waals surface area contributed by atoms with Crippen LogP contribution in [-0.2, 0) is 0 Å². The fraction of sp³-hybridized carbons (Fsp3) is 0. The molecule has 202 valence electrons. The summed E-state index contributed by atoms with van der Waals surface area (Å²) >= 11 is 1.87. The SMILES string of the molecule is c1ccc(-c2cc(-c3ccc(-c4cccc5c4sc4ccccc45)c(-c4ccccc4)c3)nc(-c3ccccc3)n2)cc1. The highest BCUT2D eigenvalue weighted by atomic mass is 32.1. The largest absolute Gasteiger partial charge is 0.228 e. The minimum atomic E-state index is 0.720. The molecule has 3 heteroatoms. The highest BCUT2D eigenvalue weighted by Crippen LogP contribution is 2.43. The van der Waals surface area contributed by atoms with Crippen molar-refractivity contribution in [3.05, 3.63) is 158 Å². The second kappa shape index (κ2) is 10.8. The minimum absolute atomic E-state index is 0.720. The van der Waals surface area contributed by atoms with Gasteiger partial charge in [-0.2, -0.15) is 0 Å². The molecule has 0 unspecified atom stereocenters. The first-order valence-electron chi connectivity index (χ1n) is 14.4. The molecule has 0 aliphatic carbocycles. The predicted molar refractivity (Wildman–Crippen MR) is 182 cm³/mol. The van der Waals surface area contributed by atoms with E-state index in [0.29, 0.717) is 0 Å². The molecule has 6 aromatic carbocycles. The van der Waals surface area contributed by atoms with Crippen molar-refractivity contribution in [3.63, 3.8) is 0 Å². The smallest absolute Gasteiger partial charge is 0.160 e. The summed E-state index contributed by atoms with van der Waals surface area (Å²) in [5.41, 5.74) is 9.76. The van der Waals surface area contributed by atoms with E-state index in [2.05, 4.69) is 133 Å². The zero-order chi connectivity index (χ0) is 28.6. The molecule has 2 aromatic heterocycles. The third-order valence-electron chi connectivity index (χ3n) is 7.92. The molecule has 0 fully saturated rings. The van der Waals surface area contributed by atoms with Crippen molar-refractivity contribution in [2.24, 2.45) is 0 Å². The van der Waals surface area contributed by atoms with Gasteiger partial charge >= 0.3 is 0 Å². The van der Waals surface area contributed by atoms with Gasteiger partial charge in [-0.3, -0.25) is 0 Å². The van der Waals surface area contributed by atoms with Crippen molar-refractivity contribution < 1.29 is 0 Å². The molecule has 8 rings (SSSR count). The lowest BCUT2D eigenvalue weighted by Crippen LogP contribution is -1.96. The average molecular weight is 567 g/mol. The molecule has 0 aliphatic rings. The maximum absolute atomic E-state index is 5.11. The van der Waals surface area contributed by atoms with Gasteiger partial charge in [0.1, 0.15) is 0 Å². The van der Waals surface area contributed by atoms with Gasteiger partial charge in [0.05, 0.1) is 11.4 Å². The van der Waals surface area contributed by atoms with Gasteiger partial charge < -0.3 is 0 Å². The van der Waals surface area contributed by atoms with E-state index in [4.69, 9.17) is 9.97 Å². The Morgan fingerprint density at radius 1 is 0.372 bits per heavy atom. The molecule has 0 aliphatic heterocycles. The first kappa shape index (κ1) is 25.3. The number of thiophene rings is 1. The van der Waals surface area contributed by atoms with Gasteiger partial charge in [-0.05, 0) is 34.9 Å². The molecule has 8 aromatic rings. The number of hydrogen-bond donors (Lipinski definition) is 0. The monoisotopic (exact) mass is 566 g/mol. The molecule has 43 heavy (non-hydrogen) atoms. The van der Waals surface area contributed by atoms with Crippen molar-refractivity contribution in [2.75, 3.05) is 0 Å². The third-order valence-corrected chi connectivity index (χ3v) is 9.14. The number of nitrogens with zero attached hydrogens (tertiary/aromatic N) is 2. The van der Waals surface area contributed by atoms with Gasteiger partial charge in [0.25, 0.3) is 0 Å². The van der Waals surface area contributed by atoms with E-state index in [9.17, 15) is 0 Å². The second-order valence-electron chi connectivity index (χ2n) is 10.6. The summed E-state index contributed by atoms with van der Waals surface area (Å²) in [6.45, 7) is 0. The lowest BCUT2D eigenvalue weighted by molar-refractivity contribution is 1.18. The molecule has 0 amide bonds. The van der Waals surface area contributed by atoms with Crippen LogP contribution in [0.1, 0.15) is 0 Å². The van der Waals surface area contributed by atoms with Crippen LogP contribution in [-0.4, -0.2) is 9.97 Å². The fourth-order valence-corrected chi connectivity index (χ4v) is 7.05. The van der Waals surface area contributed by atoms with Crippen LogP contribution < -0.4 is 0 Å². The minimum Gasteiger partial charge on any atom is -0.228 e. The molecule has 0 saturated heterocycles. The van der Waals surface area contributed by atoms with Crippen molar-refractivity contribution in [1.82, 2.24) is 9.97 Å². The van der Waals surface area contributed by atoms with Gasteiger partial charge in [0.2, 0.25) is 0 Å². The van der Waals surface area contributed by atoms with Crippen LogP contribution in [0.15, 0.2) is 158 Å². The number of aromatic nitrogens is 2. The van der Waals surface area contributed by atoms with E-state index in [1.807, 2.05) is 35.6 Å². The first-order chi connectivity index (χ1) is 21.3. The Hall–Kier alpha value is -5.38. The van der Waals surface area contributed by atoms with Crippen molar-refractivity contribution >= 4 is 31.5 Å². The Balaban J connectivity index is 1.35. The maximum atomic E-state index is 5.11. The Morgan fingerprint density at radius 2 is 0.977 bits per heavy atom. The van der Waals surface area contributed by atoms with Gasteiger partial charge in [-0.25, -0.2) is 9.97 Å². The first-order valence-corrected chi connectivity index (χ1v) is 15.2. The van der Waals surface area contributed by atoms with Gasteiger partial charge in [-0.15, -0.1) is 11.3 Å². The molecule has 2 nitrogen and oxygen atoms in total. The lowest BCUT2D eigenvalue weighted by atomic mass is 9.91. The molecule has 0 bridgehead atoms. The van der Waals surface area contributed by atoms with Crippen molar-refractivity contribution in [1.29, 1.82) is 0 Å². The standard InChI is InChI=1S/C40H26N2S/c1-4-13-27(14-5-1)35-25-30(23-24-31(35)33-20-12-21-34-32-19-10-11-22-38(32)43-39(33)34)37-26-36(28-15-6-2-7-16-28)41-40(42-37)29-17-8-3-9-18-29/h1-26H. The molecule has 0 radical (unpaired) electrons. The summed E-state index contributed by atoms with van der Waals surface area (Å²) in [5, 5.41) is 2.61. The normalized spacial score (nSPS) is 11.3. The number of hydrogen-bond acceptors (Lipinski definition) is 3. The average Bonchev–Trinajstić information content (AvgIpc) is 3.48. The van der Waals surface area contributed by atoms with E-state index >= 15 is 0 Å². The van der Waals surface area contributed by atoms with Crippen LogP contribution in [0.4, 0.5) is 0 Å². The fourth-order valence-electron chi connectivity index (χ4n) is 5.82. The third kappa shape index (κ3) is 4.70. The van der Waals surface area contributed by atoms with Crippen LogP contribution in [0, 0.1) is 0 Å². The van der Waals surface area contributed by atoms with E-state index in [1.54, 1.807) is 0 Å². The van der Waals surface area contributed by atoms with Gasteiger partial charge in [-0.1, -0.05) is 140 Å². The van der Waals surface area contributed by atoms with E-state index in [-0.39, 0.29) is 0 Å². The highest BCUT2D eigenvalue weighted by Gasteiger charge is 2.17. The van der Waals surface area contributed by atoms with Crippen LogP contribution in [0.2, 0.25) is 0 Å². The summed E-state index contributed by atoms with van der Waals surface area (Å²) in [5.74, 6) is 0.720. The van der Waals surface area contributed by atoms with Gasteiger partial charge in [0, 0.05) is 42.4 Å². The Bertz CT molecular complexity index is 2160. The second-order valence-corrected chi connectivity index (χ2v) is 11.7. The Morgan fingerprint density at radius 3 is 1.72 bits per heavy atom. The number of benzene rings is 6. The van der Waals surface area contributed by atoms with E-state index in [0.717, 1.165) is 33.9 Å². The molecular formula is C40H26N2S. The Kier molecular flexibility index (Phi) is 6.36. The van der Waals surface area contributed by atoms with Gasteiger partial charge in [0.15, 0.2) is 5.82 Å². The summed E-state index contributed by atoms with van der Waals surface area (Å²) in [4.78, 5) is 10.1. The molecule has 2 heterocycles. The topological polar surface area (TPSA) is 25.8 Å². The summed E-state index contributed by atoms with van der Waals surface area (Å²) < 4.78 is 2.62.